The van der Waals surface area contributed by atoms with E-state index in [2.05, 4.69) is 10.1 Å². The van der Waals surface area contributed by atoms with Gasteiger partial charge in [0.1, 0.15) is 5.52 Å². The van der Waals surface area contributed by atoms with Gasteiger partial charge in [0.2, 0.25) is 0 Å². The van der Waals surface area contributed by atoms with E-state index in [4.69, 9.17) is 11.6 Å². The Hall–Kier alpha value is -1.14. The van der Waals surface area contributed by atoms with Gasteiger partial charge in [-0.05, 0) is 18.4 Å². The van der Waals surface area contributed by atoms with Crippen molar-refractivity contribution in [1.82, 2.24) is 14.6 Å². The smallest absolute Gasteiger partial charge is 0.197 e. The quantitative estimate of drug-likeness (QED) is 0.795. The second kappa shape index (κ2) is 5.46. The van der Waals surface area contributed by atoms with E-state index in [1.165, 1.54) is 6.20 Å². The first kappa shape index (κ1) is 14.3. The van der Waals surface area contributed by atoms with Crippen LogP contribution in [0.25, 0.3) is 5.52 Å². The van der Waals surface area contributed by atoms with Crippen LogP contribution >= 0.6 is 11.6 Å². The topological polar surface area (TPSA) is 64.3 Å². The lowest BCUT2D eigenvalue weighted by Gasteiger charge is -2.03. The van der Waals surface area contributed by atoms with Crippen molar-refractivity contribution in [2.45, 2.75) is 31.2 Å². The number of hydrogen-bond donors (Lipinski definition) is 0. The molecular formula is C12H16ClN3O2S. The molecule has 0 aliphatic heterocycles. The maximum Gasteiger partial charge on any atom is 0.197 e. The fourth-order valence-electron chi connectivity index (χ4n) is 1.78. The molecule has 0 bridgehead atoms. The number of alkyl halides is 1. The molecule has 2 heterocycles. The molecule has 0 aliphatic carbocycles. The fourth-order valence-corrected chi connectivity index (χ4v) is 3.48. The van der Waals surface area contributed by atoms with Crippen LogP contribution < -0.4 is 0 Å². The summed E-state index contributed by atoms with van der Waals surface area (Å²) in [5, 5.41) is 4.44. The molecule has 2 aromatic rings. The normalized spacial score (nSPS) is 12.4. The van der Waals surface area contributed by atoms with Gasteiger partial charge in [0.25, 0.3) is 0 Å². The Labute approximate surface area is 117 Å². The third-order valence-electron chi connectivity index (χ3n) is 2.81. The van der Waals surface area contributed by atoms with Crippen LogP contribution in [0.15, 0.2) is 23.5 Å². The Morgan fingerprint density at radius 1 is 1.42 bits per heavy atom. The highest BCUT2D eigenvalue weighted by Crippen LogP contribution is 2.21. The molecule has 0 saturated heterocycles. The van der Waals surface area contributed by atoms with E-state index in [0.29, 0.717) is 17.8 Å². The molecule has 0 aromatic carbocycles. The van der Waals surface area contributed by atoms with Gasteiger partial charge in [0.15, 0.2) is 14.9 Å². The Morgan fingerprint density at radius 2 is 2.16 bits per heavy atom. The number of hydrogen-bond acceptors (Lipinski definition) is 4. The summed E-state index contributed by atoms with van der Waals surface area (Å²) in [5.74, 6) is 0.558. The lowest BCUT2D eigenvalue weighted by atomic mass is 10.1. The summed E-state index contributed by atoms with van der Waals surface area (Å²) in [6, 6.07) is 1.78. The molecule has 0 aliphatic rings. The molecule has 104 valence electrons. The standard InChI is InChI=1S/C12H16ClN3O2S/c1-9(2)10-8-11-12(14-5-6-16(11)15-10)19(17,18)7-3-4-13/h5-6,8-9H,3-4,7H2,1-2H3. The molecule has 0 atom stereocenters. The van der Waals surface area contributed by atoms with Gasteiger partial charge in [-0.3, -0.25) is 0 Å². The van der Waals surface area contributed by atoms with E-state index in [-0.39, 0.29) is 16.7 Å². The van der Waals surface area contributed by atoms with Crippen molar-refractivity contribution in [2.75, 3.05) is 11.6 Å². The van der Waals surface area contributed by atoms with Crippen LogP contribution in [0.1, 0.15) is 31.9 Å². The number of nitrogens with zero attached hydrogens (tertiary/aromatic N) is 3. The molecule has 2 aromatic heterocycles. The van der Waals surface area contributed by atoms with Crippen molar-refractivity contribution in [1.29, 1.82) is 0 Å². The highest BCUT2D eigenvalue weighted by atomic mass is 35.5. The van der Waals surface area contributed by atoms with E-state index in [1.54, 1.807) is 16.8 Å². The Bertz CT molecular complexity index is 679. The van der Waals surface area contributed by atoms with Crippen LogP contribution in [0, 0.1) is 0 Å². The lowest BCUT2D eigenvalue weighted by molar-refractivity contribution is 0.591. The zero-order chi connectivity index (χ0) is 14.0. The van der Waals surface area contributed by atoms with Crippen molar-refractivity contribution in [2.24, 2.45) is 0 Å². The zero-order valence-corrected chi connectivity index (χ0v) is 12.4. The van der Waals surface area contributed by atoms with Gasteiger partial charge >= 0.3 is 0 Å². The molecule has 0 amide bonds. The van der Waals surface area contributed by atoms with Crippen LogP contribution in [-0.2, 0) is 9.84 Å². The number of aromatic nitrogens is 3. The van der Waals surface area contributed by atoms with E-state index in [1.807, 2.05) is 13.8 Å². The number of sulfone groups is 1. The monoisotopic (exact) mass is 301 g/mol. The Morgan fingerprint density at radius 3 is 2.79 bits per heavy atom. The van der Waals surface area contributed by atoms with Crippen molar-refractivity contribution in [3.63, 3.8) is 0 Å². The molecular weight excluding hydrogens is 286 g/mol. The minimum atomic E-state index is -3.42. The molecule has 0 N–H and O–H groups in total. The average Bonchev–Trinajstić information content (AvgIpc) is 2.80. The van der Waals surface area contributed by atoms with Crippen molar-refractivity contribution < 1.29 is 8.42 Å². The van der Waals surface area contributed by atoms with Crippen LogP contribution in [0.2, 0.25) is 0 Å². The second-order valence-electron chi connectivity index (χ2n) is 4.65. The summed E-state index contributed by atoms with van der Waals surface area (Å²) >= 11 is 5.56. The highest BCUT2D eigenvalue weighted by molar-refractivity contribution is 7.91. The van der Waals surface area contributed by atoms with E-state index >= 15 is 0 Å². The summed E-state index contributed by atoms with van der Waals surface area (Å²) in [7, 11) is -3.42. The molecule has 0 saturated carbocycles. The number of fused-ring (bicyclic) bond motifs is 1. The van der Waals surface area contributed by atoms with Gasteiger partial charge in [-0.25, -0.2) is 17.9 Å². The Kier molecular flexibility index (Phi) is 4.10. The minimum absolute atomic E-state index is 0.00532. The summed E-state index contributed by atoms with van der Waals surface area (Å²) in [4.78, 5) is 4.01. The largest absolute Gasteiger partial charge is 0.241 e. The molecule has 7 heteroatoms. The van der Waals surface area contributed by atoms with E-state index < -0.39 is 9.84 Å². The fraction of sp³-hybridized carbons (Fsp3) is 0.500. The summed E-state index contributed by atoms with van der Waals surface area (Å²) in [5.41, 5.74) is 1.38. The van der Waals surface area contributed by atoms with Crippen LogP contribution in [0.4, 0.5) is 0 Å². The van der Waals surface area contributed by atoms with Crippen molar-refractivity contribution in [3.05, 3.63) is 24.2 Å². The molecule has 5 nitrogen and oxygen atoms in total. The SMILES string of the molecule is CC(C)c1cc2c(S(=O)(=O)CCCCl)nccn2n1. The maximum atomic E-state index is 12.2. The highest BCUT2D eigenvalue weighted by Gasteiger charge is 2.21. The van der Waals surface area contributed by atoms with Crippen LogP contribution in [0.5, 0.6) is 0 Å². The van der Waals surface area contributed by atoms with Gasteiger partial charge in [-0.2, -0.15) is 5.10 Å². The van der Waals surface area contributed by atoms with Crippen LogP contribution in [0.3, 0.4) is 0 Å². The summed E-state index contributed by atoms with van der Waals surface area (Å²) < 4.78 is 26.0. The third-order valence-corrected chi connectivity index (χ3v) is 4.80. The minimum Gasteiger partial charge on any atom is -0.241 e. The van der Waals surface area contributed by atoms with Crippen LogP contribution in [-0.4, -0.2) is 34.6 Å². The number of rotatable bonds is 5. The van der Waals surface area contributed by atoms with Gasteiger partial charge in [-0.1, -0.05) is 13.8 Å². The van der Waals surface area contributed by atoms with Crippen molar-refractivity contribution in [3.8, 4) is 0 Å². The first-order valence-corrected chi connectivity index (χ1v) is 8.27. The third kappa shape index (κ3) is 2.90. The summed E-state index contributed by atoms with van der Waals surface area (Å²) in [6.45, 7) is 4.02. The molecule has 2 rings (SSSR count). The average molecular weight is 302 g/mol. The molecule has 0 unspecified atom stereocenters. The molecule has 0 radical (unpaired) electrons. The first-order chi connectivity index (χ1) is 8.95. The predicted octanol–water partition coefficient (Wildman–Crippen LogP) is 2.26. The van der Waals surface area contributed by atoms with E-state index in [9.17, 15) is 8.42 Å². The molecule has 19 heavy (non-hydrogen) atoms. The first-order valence-electron chi connectivity index (χ1n) is 6.08. The Balaban J connectivity index is 2.54. The zero-order valence-electron chi connectivity index (χ0n) is 10.9. The number of halogens is 1. The predicted molar refractivity (Wildman–Crippen MR) is 74.5 cm³/mol. The van der Waals surface area contributed by atoms with Gasteiger partial charge < -0.3 is 0 Å². The van der Waals surface area contributed by atoms with Gasteiger partial charge in [0, 0.05) is 18.3 Å². The maximum absolute atomic E-state index is 12.2. The second-order valence-corrected chi connectivity index (χ2v) is 7.05. The molecule has 0 fully saturated rings. The lowest BCUT2D eigenvalue weighted by Crippen LogP contribution is -2.11. The van der Waals surface area contributed by atoms with Gasteiger partial charge in [0.05, 0.1) is 11.4 Å². The molecule has 0 spiro atoms. The van der Waals surface area contributed by atoms with E-state index in [0.717, 1.165) is 5.69 Å². The summed E-state index contributed by atoms with van der Waals surface area (Å²) in [6.07, 6.45) is 3.53. The van der Waals surface area contributed by atoms with Gasteiger partial charge in [-0.15, -0.1) is 11.6 Å². The van der Waals surface area contributed by atoms with Crippen molar-refractivity contribution >= 4 is 27.0 Å².